The van der Waals surface area contributed by atoms with E-state index in [0.29, 0.717) is 0 Å². The van der Waals surface area contributed by atoms with Gasteiger partial charge in [-0.3, -0.25) is 4.79 Å². The summed E-state index contributed by atoms with van der Waals surface area (Å²) in [5, 5.41) is 0. The highest BCUT2D eigenvalue weighted by Crippen LogP contribution is 2.39. The van der Waals surface area contributed by atoms with E-state index in [-0.39, 0.29) is 19.0 Å². The zero-order valence-corrected chi connectivity index (χ0v) is 9.72. The van der Waals surface area contributed by atoms with Crippen molar-refractivity contribution in [3.63, 3.8) is 0 Å². The molecule has 1 rings (SSSR count). The van der Waals surface area contributed by atoms with Gasteiger partial charge in [0.1, 0.15) is 0 Å². The normalized spacial score (nSPS) is 19.1. The van der Waals surface area contributed by atoms with Crippen LogP contribution in [0.4, 0.5) is 8.78 Å². The molecule has 1 aliphatic rings. The summed E-state index contributed by atoms with van der Waals surface area (Å²) in [5.41, 5.74) is 4.91. The summed E-state index contributed by atoms with van der Waals surface area (Å²) >= 11 is 0. The fourth-order valence-corrected chi connectivity index (χ4v) is 2.35. The van der Waals surface area contributed by atoms with E-state index in [1.54, 1.807) is 0 Å². The van der Waals surface area contributed by atoms with E-state index >= 15 is 0 Å². The summed E-state index contributed by atoms with van der Waals surface area (Å²) < 4.78 is 24.7. The maximum Gasteiger partial charge on any atom is 0.255 e. The van der Waals surface area contributed by atoms with Crippen LogP contribution in [0.2, 0.25) is 0 Å². The maximum atomic E-state index is 12.3. The highest BCUT2D eigenvalue weighted by atomic mass is 19.3. The molecule has 0 aliphatic heterocycles. The number of halogens is 2. The molecule has 0 saturated heterocycles. The fraction of sp³-hybridized carbons (Fsp3) is 0.909. The molecule has 1 amide bonds. The Morgan fingerprint density at radius 3 is 2.44 bits per heavy atom. The molecule has 0 aromatic heterocycles. The minimum absolute atomic E-state index is 0.157. The first-order chi connectivity index (χ1) is 7.49. The van der Waals surface area contributed by atoms with Crippen molar-refractivity contribution in [2.75, 3.05) is 19.6 Å². The Labute approximate surface area is 95.0 Å². The lowest BCUT2D eigenvalue weighted by molar-refractivity contribution is -0.142. The van der Waals surface area contributed by atoms with Gasteiger partial charge in [-0.2, -0.15) is 0 Å². The molecule has 0 heterocycles. The minimum Gasteiger partial charge on any atom is -0.335 e. The molecule has 0 aromatic carbocycles. The van der Waals surface area contributed by atoms with Gasteiger partial charge >= 0.3 is 0 Å². The fourth-order valence-electron chi connectivity index (χ4n) is 2.35. The van der Waals surface area contributed by atoms with E-state index in [1.807, 2.05) is 6.92 Å². The average Bonchev–Trinajstić information content (AvgIpc) is 2.64. The van der Waals surface area contributed by atoms with Gasteiger partial charge in [-0.15, -0.1) is 0 Å². The Balaban J connectivity index is 2.65. The molecule has 1 aliphatic carbocycles. The van der Waals surface area contributed by atoms with Gasteiger partial charge in [-0.05, 0) is 12.8 Å². The summed E-state index contributed by atoms with van der Waals surface area (Å²) in [6.07, 6.45) is 1.13. The second-order valence-corrected chi connectivity index (χ2v) is 4.70. The Morgan fingerprint density at radius 1 is 1.44 bits per heavy atom. The molecule has 0 spiro atoms. The van der Waals surface area contributed by atoms with Crippen molar-refractivity contribution in [3.8, 4) is 0 Å². The quantitative estimate of drug-likeness (QED) is 0.785. The van der Waals surface area contributed by atoms with Gasteiger partial charge in [0.2, 0.25) is 5.91 Å². The summed E-state index contributed by atoms with van der Waals surface area (Å²) in [7, 11) is 0. The number of nitrogens with zero attached hydrogens (tertiary/aromatic N) is 1. The van der Waals surface area contributed by atoms with E-state index in [4.69, 9.17) is 5.73 Å². The van der Waals surface area contributed by atoms with Crippen LogP contribution < -0.4 is 5.73 Å². The predicted octanol–water partition coefficient (Wildman–Crippen LogP) is 1.62. The molecular formula is C11H20F2N2O. The maximum absolute atomic E-state index is 12.3. The van der Waals surface area contributed by atoms with Crippen LogP contribution in [-0.4, -0.2) is 36.9 Å². The second kappa shape index (κ2) is 5.57. The van der Waals surface area contributed by atoms with Gasteiger partial charge in [-0.1, -0.05) is 19.8 Å². The van der Waals surface area contributed by atoms with Crippen LogP contribution in [0.1, 0.15) is 32.6 Å². The Morgan fingerprint density at radius 2 is 2.00 bits per heavy atom. The van der Waals surface area contributed by atoms with Gasteiger partial charge in [0.15, 0.2) is 0 Å². The lowest BCUT2D eigenvalue weighted by Crippen LogP contribution is -2.45. The standard InChI is InChI=1S/C11H20F2N2O/c1-11(4-2-3-5-11)10(16)15(7-6-14)8-9(12)13/h9H,2-8,14H2,1H3. The predicted molar refractivity (Wildman–Crippen MR) is 58.2 cm³/mol. The molecule has 1 saturated carbocycles. The smallest absolute Gasteiger partial charge is 0.255 e. The SMILES string of the molecule is CC1(C(=O)N(CCN)CC(F)F)CCCC1. The number of alkyl halides is 2. The molecule has 94 valence electrons. The van der Waals surface area contributed by atoms with E-state index in [2.05, 4.69) is 0 Å². The Bertz CT molecular complexity index is 240. The van der Waals surface area contributed by atoms with Gasteiger partial charge in [0, 0.05) is 18.5 Å². The highest BCUT2D eigenvalue weighted by molar-refractivity contribution is 5.82. The van der Waals surface area contributed by atoms with Gasteiger partial charge in [0.25, 0.3) is 6.43 Å². The number of carbonyl (C=O) groups excluding carboxylic acids is 1. The molecular weight excluding hydrogens is 214 g/mol. The Hall–Kier alpha value is -0.710. The van der Waals surface area contributed by atoms with Gasteiger partial charge < -0.3 is 10.6 Å². The summed E-state index contributed by atoms with van der Waals surface area (Å²) in [6, 6.07) is 0. The molecule has 16 heavy (non-hydrogen) atoms. The first kappa shape index (κ1) is 13.4. The minimum atomic E-state index is -2.49. The molecule has 0 atom stereocenters. The molecule has 5 heteroatoms. The lowest BCUT2D eigenvalue weighted by atomic mass is 9.87. The van der Waals surface area contributed by atoms with E-state index in [0.717, 1.165) is 25.7 Å². The highest BCUT2D eigenvalue weighted by Gasteiger charge is 2.39. The van der Waals surface area contributed by atoms with E-state index in [9.17, 15) is 13.6 Å². The van der Waals surface area contributed by atoms with Crippen molar-refractivity contribution in [1.82, 2.24) is 4.90 Å². The van der Waals surface area contributed by atoms with Crippen LogP contribution in [0.15, 0.2) is 0 Å². The van der Waals surface area contributed by atoms with Crippen molar-refractivity contribution in [1.29, 1.82) is 0 Å². The second-order valence-electron chi connectivity index (χ2n) is 4.70. The number of hydrogen-bond donors (Lipinski definition) is 1. The molecule has 1 fully saturated rings. The number of nitrogens with two attached hydrogens (primary N) is 1. The summed E-state index contributed by atoms with van der Waals surface area (Å²) in [5.74, 6) is -0.157. The number of amides is 1. The first-order valence-electron chi connectivity index (χ1n) is 5.77. The zero-order valence-electron chi connectivity index (χ0n) is 9.72. The average molecular weight is 234 g/mol. The molecule has 0 bridgehead atoms. The van der Waals surface area contributed by atoms with Crippen molar-refractivity contribution in [3.05, 3.63) is 0 Å². The van der Waals surface area contributed by atoms with Crippen molar-refractivity contribution in [2.45, 2.75) is 39.0 Å². The zero-order chi connectivity index (χ0) is 12.2. The van der Waals surface area contributed by atoms with Gasteiger partial charge in [0.05, 0.1) is 6.54 Å². The molecule has 0 unspecified atom stereocenters. The summed E-state index contributed by atoms with van der Waals surface area (Å²) in [6.45, 7) is 1.83. The summed E-state index contributed by atoms with van der Waals surface area (Å²) in [4.78, 5) is 13.3. The van der Waals surface area contributed by atoms with Crippen LogP contribution in [-0.2, 0) is 4.79 Å². The van der Waals surface area contributed by atoms with Crippen molar-refractivity contribution in [2.24, 2.45) is 11.1 Å². The third-order valence-corrected chi connectivity index (χ3v) is 3.27. The van der Waals surface area contributed by atoms with Crippen LogP contribution in [0, 0.1) is 5.41 Å². The third-order valence-electron chi connectivity index (χ3n) is 3.27. The molecule has 3 nitrogen and oxygen atoms in total. The number of hydrogen-bond acceptors (Lipinski definition) is 2. The Kier molecular flexibility index (Phi) is 4.65. The molecule has 2 N–H and O–H groups in total. The lowest BCUT2D eigenvalue weighted by Gasteiger charge is -2.31. The van der Waals surface area contributed by atoms with Crippen LogP contribution >= 0.6 is 0 Å². The third kappa shape index (κ3) is 3.14. The monoisotopic (exact) mass is 234 g/mol. The number of carbonyl (C=O) groups is 1. The van der Waals surface area contributed by atoms with Crippen molar-refractivity contribution >= 4 is 5.91 Å². The first-order valence-corrected chi connectivity index (χ1v) is 5.77. The van der Waals surface area contributed by atoms with Crippen molar-refractivity contribution < 1.29 is 13.6 Å². The number of rotatable bonds is 5. The molecule has 0 radical (unpaired) electrons. The topological polar surface area (TPSA) is 46.3 Å². The largest absolute Gasteiger partial charge is 0.335 e. The van der Waals surface area contributed by atoms with E-state index in [1.165, 1.54) is 4.90 Å². The van der Waals surface area contributed by atoms with E-state index < -0.39 is 18.4 Å². The van der Waals surface area contributed by atoms with Crippen LogP contribution in [0.5, 0.6) is 0 Å². The van der Waals surface area contributed by atoms with Crippen LogP contribution in [0.25, 0.3) is 0 Å². The molecule has 0 aromatic rings. The van der Waals surface area contributed by atoms with Crippen LogP contribution in [0.3, 0.4) is 0 Å². The van der Waals surface area contributed by atoms with Gasteiger partial charge in [-0.25, -0.2) is 8.78 Å².